The fourth-order valence-electron chi connectivity index (χ4n) is 1.63. The first kappa shape index (κ1) is 16.7. The van der Waals surface area contributed by atoms with E-state index < -0.39 is 5.97 Å². The number of hydrogen-bond donors (Lipinski definition) is 3. The summed E-state index contributed by atoms with van der Waals surface area (Å²) >= 11 is 0. The maximum Gasteiger partial charge on any atom is 0.319 e. The molecule has 21 heavy (non-hydrogen) atoms. The predicted molar refractivity (Wildman–Crippen MR) is 80.4 cm³/mol. The van der Waals surface area contributed by atoms with Crippen LogP contribution in [0.5, 0.6) is 0 Å². The monoisotopic (exact) mass is 292 g/mol. The maximum absolute atomic E-state index is 11.7. The van der Waals surface area contributed by atoms with Crippen molar-refractivity contribution in [1.82, 2.24) is 5.32 Å². The van der Waals surface area contributed by atoms with Gasteiger partial charge in [-0.05, 0) is 18.1 Å². The first-order valence-electron chi connectivity index (χ1n) is 6.66. The number of nitrogens with one attached hydrogen (secondary N) is 2. The maximum atomic E-state index is 11.7. The molecule has 0 aliphatic carbocycles. The molecule has 0 atom stereocenters. The zero-order valence-electron chi connectivity index (χ0n) is 11.8. The lowest BCUT2D eigenvalue weighted by Crippen LogP contribution is -2.32. The zero-order valence-corrected chi connectivity index (χ0v) is 11.8. The molecule has 0 saturated carbocycles. The highest BCUT2D eigenvalue weighted by atomic mass is 16.5. The molecular weight excluding hydrogens is 272 g/mol. The van der Waals surface area contributed by atoms with E-state index in [1.165, 1.54) is 0 Å². The number of carboxylic acid groups (broad SMARTS) is 1. The van der Waals surface area contributed by atoms with Gasteiger partial charge in [0.1, 0.15) is 0 Å². The van der Waals surface area contributed by atoms with Gasteiger partial charge in [-0.15, -0.1) is 6.58 Å². The van der Waals surface area contributed by atoms with Crippen LogP contribution < -0.4 is 10.6 Å². The molecule has 0 aliphatic heterocycles. The molecule has 0 fully saturated rings. The van der Waals surface area contributed by atoms with E-state index in [-0.39, 0.29) is 12.5 Å². The number of para-hydroxylation sites is 1. The SMILES string of the molecule is C=CCCOCCNC(=O)Nc1ccccc1CC(=O)O. The van der Waals surface area contributed by atoms with Gasteiger partial charge in [-0.1, -0.05) is 24.3 Å². The summed E-state index contributed by atoms with van der Waals surface area (Å²) in [5.41, 5.74) is 1.05. The second-order valence-electron chi connectivity index (χ2n) is 4.30. The highest BCUT2D eigenvalue weighted by Crippen LogP contribution is 2.15. The molecule has 2 amide bonds. The second-order valence-corrected chi connectivity index (χ2v) is 4.30. The van der Waals surface area contributed by atoms with Crippen LogP contribution in [-0.4, -0.2) is 36.9 Å². The van der Waals surface area contributed by atoms with Crippen molar-refractivity contribution >= 4 is 17.7 Å². The molecule has 6 heteroatoms. The molecule has 1 rings (SSSR count). The van der Waals surface area contributed by atoms with Crippen LogP contribution in [0, 0.1) is 0 Å². The molecule has 0 aromatic heterocycles. The Balaban J connectivity index is 2.37. The van der Waals surface area contributed by atoms with Crippen LogP contribution in [0.25, 0.3) is 0 Å². The van der Waals surface area contributed by atoms with Gasteiger partial charge in [-0.3, -0.25) is 4.79 Å². The lowest BCUT2D eigenvalue weighted by molar-refractivity contribution is -0.136. The predicted octanol–water partition coefficient (Wildman–Crippen LogP) is 2.03. The molecule has 1 aromatic rings. The third-order valence-corrected chi connectivity index (χ3v) is 2.61. The number of anilines is 1. The molecule has 0 heterocycles. The van der Waals surface area contributed by atoms with Gasteiger partial charge in [-0.2, -0.15) is 0 Å². The summed E-state index contributed by atoms with van der Waals surface area (Å²) < 4.78 is 5.26. The Kier molecular flexibility index (Phi) is 7.60. The average molecular weight is 292 g/mol. The summed E-state index contributed by atoms with van der Waals surface area (Å²) in [7, 11) is 0. The van der Waals surface area contributed by atoms with Gasteiger partial charge in [-0.25, -0.2) is 4.79 Å². The van der Waals surface area contributed by atoms with Crippen LogP contribution in [0.1, 0.15) is 12.0 Å². The molecule has 0 spiro atoms. The van der Waals surface area contributed by atoms with Gasteiger partial charge in [0.15, 0.2) is 0 Å². The van der Waals surface area contributed by atoms with Crippen LogP contribution in [0.15, 0.2) is 36.9 Å². The van der Waals surface area contributed by atoms with E-state index in [1.54, 1.807) is 30.3 Å². The third kappa shape index (κ3) is 7.12. The first-order valence-corrected chi connectivity index (χ1v) is 6.66. The number of carbonyl (C=O) groups is 2. The highest BCUT2D eigenvalue weighted by Gasteiger charge is 2.08. The fourth-order valence-corrected chi connectivity index (χ4v) is 1.63. The lowest BCUT2D eigenvalue weighted by atomic mass is 10.1. The minimum absolute atomic E-state index is 0.138. The lowest BCUT2D eigenvalue weighted by Gasteiger charge is -2.11. The van der Waals surface area contributed by atoms with Crippen molar-refractivity contribution < 1.29 is 19.4 Å². The molecule has 114 valence electrons. The second kappa shape index (κ2) is 9.55. The van der Waals surface area contributed by atoms with Gasteiger partial charge in [0.25, 0.3) is 0 Å². The molecule has 0 bridgehead atoms. The third-order valence-electron chi connectivity index (χ3n) is 2.61. The molecule has 0 radical (unpaired) electrons. The minimum atomic E-state index is -0.944. The van der Waals surface area contributed by atoms with Gasteiger partial charge in [0.05, 0.1) is 19.6 Å². The van der Waals surface area contributed by atoms with Crippen LogP contribution in [0.4, 0.5) is 10.5 Å². The summed E-state index contributed by atoms with van der Waals surface area (Å²) in [5.74, 6) is -0.944. The van der Waals surface area contributed by atoms with E-state index in [0.29, 0.717) is 31.0 Å². The van der Waals surface area contributed by atoms with Gasteiger partial charge < -0.3 is 20.5 Å². The van der Waals surface area contributed by atoms with E-state index in [0.717, 1.165) is 6.42 Å². The largest absolute Gasteiger partial charge is 0.481 e. The molecule has 0 unspecified atom stereocenters. The quantitative estimate of drug-likeness (QED) is 0.480. The molecule has 3 N–H and O–H groups in total. The van der Waals surface area contributed by atoms with Crippen molar-refractivity contribution in [3.05, 3.63) is 42.5 Å². The standard InChI is InChI=1S/C15H20N2O4/c1-2-3-9-21-10-8-16-15(20)17-13-7-5-4-6-12(13)11-14(18)19/h2,4-7H,1,3,8-11H2,(H,18,19)(H2,16,17,20). The summed E-state index contributed by atoms with van der Waals surface area (Å²) in [6, 6.07) is 6.41. The molecule has 0 saturated heterocycles. The Bertz CT molecular complexity index is 488. The van der Waals surface area contributed by atoms with E-state index >= 15 is 0 Å². The Hall–Kier alpha value is -2.34. The molecule has 1 aromatic carbocycles. The fraction of sp³-hybridized carbons (Fsp3) is 0.333. The molecule has 0 aliphatic rings. The van der Waals surface area contributed by atoms with Crippen LogP contribution >= 0.6 is 0 Å². The topological polar surface area (TPSA) is 87.7 Å². The number of carbonyl (C=O) groups excluding carboxylic acids is 1. The number of amides is 2. The first-order chi connectivity index (χ1) is 10.1. The van der Waals surface area contributed by atoms with E-state index in [9.17, 15) is 9.59 Å². The van der Waals surface area contributed by atoms with Crippen LogP contribution in [0.2, 0.25) is 0 Å². The van der Waals surface area contributed by atoms with Crippen molar-refractivity contribution in [3.63, 3.8) is 0 Å². The summed E-state index contributed by atoms with van der Waals surface area (Å²) in [6.07, 6.45) is 2.40. The number of aliphatic carboxylic acids is 1. The van der Waals surface area contributed by atoms with Crippen molar-refractivity contribution in [2.24, 2.45) is 0 Å². The van der Waals surface area contributed by atoms with Crippen LogP contribution in [0.3, 0.4) is 0 Å². The van der Waals surface area contributed by atoms with Gasteiger partial charge in [0.2, 0.25) is 0 Å². The summed E-state index contributed by atoms with van der Waals surface area (Å²) in [4.78, 5) is 22.4. The van der Waals surface area contributed by atoms with E-state index in [2.05, 4.69) is 17.2 Å². The number of ether oxygens (including phenoxy) is 1. The summed E-state index contributed by atoms with van der Waals surface area (Å²) in [6.45, 7) is 4.95. The van der Waals surface area contributed by atoms with Crippen molar-refractivity contribution in [3.8, 4) is 0 Å². The van der Waals surface area contributed by atoms with Crippen LogP contribution in [-0.2, 0) is 16.0 Å². The van der Waals surface area contributed by atoms with Crippen molar-refractivity contribution in [2.45, 2.75) is 12.8 Å². The Morgan fingerprint density at radius 1 is 1.29 bits per heavy atom. The van der Waals surface area contributed by atoms with E-state index in [1.807, 2.05) is 0 Å². The number of carboxylic acids is 1. The molecule has 6 nitrogen and oxygen atoms in total. The van der Waals surface area contributed by atoms with E-state index in [4.69, 9.17) is 9.84 Å². The highest BCUT2D eigenvalue weighted by molar-refractivity contribution is 5.90. The van der Waals surface area contributed by atoms with Crippen molar-refractivity contribution in [1.29, 1.82) is 0 Å². The number of urea groups is 1. The smallest absolute Gasteiger partial charge is 0.319 e. The average Bonchev–Trinajstić information content (AvgIpc) is 2.44. The van der Waals surface area contributed by atoms with Crippen molar-refractivity contribution in [2.75, 3.05) is 25.1 Å². The van der Waals surface area contributed by atoms with Gasteiger partial charge >= 0.3 is 12.0 Å². The zero-order chi connectivity index (χ0) is 15.5. The number of hydrogen-bond acceptors (Lipinski definition) is 3. The number of benzene rings is 1. The Labute approximate surface area is 123 Å². The Morgan fingerprint density at radius 3 is 2.76 bits per heavy atom. The molecular formula is C15H20N2O4. The number of rotatable bonds is 9. The van der Waals surface area contributed by atoms with Gasteiger partial charge in [0, 0.05) is 12.2 Å². The minimum Gasteiger partial charge on any atom is -0.481 e. The Morgan fingerprint density at radius 2 is 2.05 bits per heavy atom. The normalized spacial score (nSPS) is 9.90. The summed E-state index contributed by atoms with van der Waals surface area (Å²) in [5, 5.41) is 14.1.